The van der Waals surface area contributed by atoms with Gasteiger partial charge in [-0.25, -0.2) is 0 Å². The Morgan fingerprint density at radius 1 is 1.00 bits per heavy atom. The minimum atomic E-state index is -1.61. The molecule has 1 aromatic carbocycles. The zero-order valence-corrected chi connectivity index (χ0v) is 11.0. The molecule has 0 saturated carbocycles. The average Bonchev–Trinajstić information content (AvgIpc) is 2.48. The van der Waals surface area contributed by atoms with Gasteiger partial charge >= 0.3 is 7.12 Å². The summed E-state index contributed by atoms with van der Waals surface area (Å²) >= 11 is 0. The van der Waals surface area contributed by atoms with Gasteiger partial charge in [-0.3, -0.25) is 0 Å². The highest BCUT2D eigenvalue weighted by Crippen LogP contribution is 2.23. The van der Waals surface area contributed by atoms with Crippen LogP contribution >= 0.6 is 0 Å². The lowest BCUT2D eigenvalue weighted by Crippen LogP contribution is -2.60. The Morgan fingerprint density at radius 3 is 2.14 bits per heavy atom. The van der Waals surface area contributed by atoms with E-state index < -0.39 is 44.4 Å². The first kappa shape index (κ1) is 16.2. The lowest BCUT2D eigenvalue weighted by molar-refractivity contribution is -0.277. The molecule has 1 aliphatic heterocycles. The minimum absolute atomic E-state index is 0.253. The van der Waals surface area contributed by atoms with Gasteiger partial charge < -0.3 is 39.9 Å². The number of aliphatic hydroxyl groups excluding tert-OH is 4. The van der Waals surface area contributed by atoms with E-state index in [9.17, 15) is 15.3 Å². The SMILES string of the molecule is OC[C@H]1OC(Oc2ccc(B(O)O)cc2)[C@@H](O)[C@@H](O)[C@@H]1O. The first-order chi connectivity index (χ1) is 9.93. The highest BCUT2D eigenvalue weighted by molar-refractivity contribution is 6.58. The molecule has 6 N–H and O–H groups in total. The fraction of sp³-hybridized carbons (Fsp3) is 0.500. The largest absolute Gasteiger partial charge is 0.488 e. The van der Waals surface area contributed by atoms with Crippen molar-refractivity contribution in [1.82, 2.24) is 0 Å². The molecule has 9 heteroatoms. The van der Waals surface area contributed by atoms with Crippen LogP contribution in [-0.4, -0.2) is 74.9 Å². The van der Waals surface area contributed by atoms with Gasteiger partial charge in [0.15, 0.2) is 0 Å². The summed E-state index contributed by atoms with van der Waals surface area (Å²) in [5, 5.41) is 56.1. The number of ether oxygens (including phenoxy) is 2. The topological polar surface area (TPSA) is 140 Å². The summed E-state index contributed by atoms with van der Waals surface area (Å²) in [5.41, 5.74) is 0.260. The van der Waals surface area contributed by atoms with Crippen LogP contribution in [0.2, 0.25) is 0 Å². The molecule has 0 amide bonds. The fourth-order valence-electron chi connectivity index (χ4n) is 2.02. The molecule has 2 rings (SSSR count). The van der Waals surface area contributed by atoms with Crippen molar-refractivity contribution in [2.75, 3.05) is 6.61 Å². The second-order valence-corrected chi connectivity index (χ2v) is 4.76. The molecule has 0 spiro atoms. The molecule has 0 radical (unpaired) electrons. The van der Waals surface area contributed by atoms with Crippen LogP contribution in [0.5, 0.6) is 5.75 Å². The fourth-order valence-corrected chi connectivity index (χ4v) is 2.02. The lowest BCUT2D eigenvalue weighted by atomic mass is 9.80. The first-order valence-electron chi connectivity index (χ1n) is 6.37. The van der Waals surface area contributed by atoms with Gasteiger partial charge in [-0.05, 0) is 17.6 Å². The molecule has 0 aliphatic carbocycles. The summed E-state index contributed by atoms with van der Waals surface area (Å²) in [4.78, 5) is 0. The Kier molecular flexibility index (Phi) is 5.17. The summed E-state index contributed by atoms with van der Waals surface area (Å²) in [6, 6.07) is 5.67. The highest BCUT2D eigenvalue weighted by atomic mass is 16.7. The normalized spacial score (nSPS) is 32.8. The molecule has 1 fully saturated rings. The molecule has 116 valence electrons. The number of aliphatic hydroxyl groups is 4. The number of benzene rings is 1. The second-order valence-electron chi connectivity index (χ2n) is 4.76. The molecule has 1 heterocycles. The molecule has 1 aromatic rings. The monoisotopic (exact) mass is 300 g/mol. The van der Waals surface area contributed by atoms with Gasteiger partial charge in [0, 0.05) is 0 Å². The lowest BCUT2D eigenvalue weighted by Gasteiger charge is -2.39. The van der Waals surface area contributed by atoms with E-state index in [-0.39, 0.29) is 11.2 Å². The Bertz CT molecular complexity index is 451. The number of hydrogen-bond donors (Lipinski definition) is 6. The van der Waals surface area contributed by atoms with E-state index in [4.69, 9.17) is 24.6 Å². The van der Waals surface area contributed by atoms with Crippen LogP contribution in [0.25, 0.3) is 0 Å². The minimum Gasteiger partial charge on any atom is -0.462 e. The highest BCUT2D eigenvalue weighted by Gasteiger charge is 2.44. The maximum Gasteiger partial charge on any atom is 0.488 e. The third kappa shape index (κ3) is 3.53. The Morgan fingerprint density at radius 2 is 1.62 bits per heavy atom. The van der Waals surface area contributed by atoms with E-state index in [2.05, 4.69) is 0 Å². The van der Waals surface area contributed by atoms with Crippen molar-refractivity contribution in [2.24, 2.45) is 0 Å². The second kappa shape index (κ2) is 6.71. The van der Waals surface area contributed by atoms with Gasteiger partial charge in [-0.1, -0.05) is 12.1 Å². The molecule has 1 unspecified atom stereocenters. The third-order valence-corrected chi connectivity index (χ3v) is 3.28. The standard InChI is InChI=1S/C12H17BO8/c14-5-8-9(15)10(16)11(17)12(21-8)20-7-3-1-6(2-4-7)13(18)19/h1-4,8-12,14-19H,5H2/t8-,9-,10+,11+,12?/m1/s1. The Hall–Kier alpha value is -1.20. The van der Waals surface area contributed by atoms with Crippen LogP contribution in [0, 0.1) is 0 Å². The molecule has 1 saturated heterocycles. The predicted octanol–water partition coefficient (Wildman–Crippen LogP) is -3.45. The van der Waals surface area contributed by atoms with Crippen molar-refractivity contribution in [1.29, 1.82) is 0 Å². The van der Waals surface area contributed by atoms with Crippen LogP contribution in [0.3, 0.4) is 0 Å². The van der Waals surface area contributed by atoms with Crippen molar-refractivity contribution in [3.05, 3.63) is 24.3 Å². The maximum absolute atomic E-state index is 9.80. The van der Waals surface area contributed by atoms with Crippen molar-refractivity contribution in [3.8, 4) is 5.75 Å². The van der Waals surface area contributed by atoms with Crippen LogP contribution in [0.1, 0.15) is 0 Å². The number of rotatable bonds is 4. The van der Waals surface area contributed by atoms with Gasteiger partial charge in [-0.2, -0.15) is 0 Å². The van der Waals surface area contributed by atoms with Crippen LogP contribution in [-0.2, 0) is 4.74 Å². The van der Waals surface area contributed by atoms with Crippen LogP contribution in [0.15, 0.2) is 24.3 Å². The molecule has 8 nitrogen and oxygen atoms in total. The molecule has 21 heavy (non-hydrogen) atoms. The Labute approximate surface area is 121 Å². The summed E-state index contributed by atoms with van der Waals surface area (Å²) in [5.74, 6) is 0.253. The van der Waals surface area contributed by atoms with E-state index in [0.29, 0.717) is 0 Å². The van der Waals surface area contributed by atoms with E-state index >= 15 is 0 Å². The maximum atomic E-state index is 9.80. The van der Waals surface area contributed by atoms with E-state index in [1.807, 2.05) is 0 Å². The molecule has 5 atom stereocenters. The zero-order chi connectivity index (χ0) is 15.6. The Balaban J connectivity index is 2.07. The van der Waals surface area contributed by atoms with Gasteiger partial charge in [0.2, 0.25) is 6.29 Å². The van der Waals surface area contributed by atoms with Gasteiger partial charge in [-0.15, -0.1) is 0 Å². The van der Waals surface area contributed by atoms with Gasteiger partial charge in [0.05, 0.1) is 6.61 Å². The molecule has 0 aromatic heterocycles. The molecule has 0 bridgehead atoms. The van der Waals surface area contributed by atoms with Crippen molar-refractivity contribution in [3.63, 3.8) is 0 Å². The predicted molar refractivity (Wildman–Crippen MR) is 70.7 cm³/mol. The van der Waals surface area contributed by atoms with Gasteiger partial charge in [0.1, 0.15) is 30.2 Å². The van der Waals surface area contributed by atoms with Crippen LogP contribution < -0.4 is 10.2 Å². The van der Waals surface area contributed by atoms with Crippen LogP contribution in [0.4, 0.5) is 0 Å². The van der Waals surface area contributed by atoms with E-state index in [0.717, 1.165) is 0 Å². The van der Waals surface area contributed by atoms with Crippen molar-refractivity contribution >= 4 is 12.6 Å². The summed E-state index contributed by atoms with van der Waals surface area (Å²) in [6.45, 7) is -0.541. The van der Waals surface area contributed by atoms with E-state index in [1.54, 1.807) is 0 Å². The molecular formula is C12H17BO8. The third-order valence-electron chi connectivity index (χ3n) is 3.28. The van der Waals surface area contributed by atoms with E-state index in [1.165, 1.54) is 24.3 Å². The van der Waals surface area contributed by atoms with Gasteiger partial charge in [0.25, 0.3) is 0 Å². The molecular weight excluding hydrogens is 283 g/mol. The zero-order valence-electron chi connectivity index (χ0n) is 11.0. The van der Waals surface area contributed by atoms with Crippen molar-refractivity contribution in [2.45, 2.75) is 30.7 Å². The quantitative estimate of drug-likeness (QED) is 0.315. The average molecular weight is 300 g/mol. The molecule has 1 aliphatic rings. The van der Waals surface area contributed by atoms with Crippen molar-refractivity contribution < 1.29 is 39.9 Å². The summed E-state index contributed by atoms with van der Waals surface area (Å²) < 4.78 is 10.5. The summed E-state index contributed by atoms with van der Waals surface area (Å²) in [6.07, 6.45) is -6.78. The smallest absolute Gasteiger partial charge is 0.462 e. The number of hydrogen-bond acceptors (Lipinski definition) is 8. The summed E-state index contributed by atoms with van der Waals surface area (Å²) in [7, 11) is -1.61. The first-order valence-corrected chi connectivity index (χ1v) is 6.37.